The Labute approximate surface area is 139 Å². The fourth-order valence-corrected chi connectivity index (χ4v) is 4.23. The molecule has 2 aromatic heterocycles. The van der Waals surface area contributed by atoms with Crippen molar-refractivity contribution < 1.29 is 5.11 Å². The van der Waals surface area contributed by atoms with E-state index in [4.69, 9.17) is 11.6 Å². The molecule has 4 nitrogen and oxygen atoms in total. The van der Waals surface area contributed by atoms with Crippen LogP contribution in [0.3, 0.4) is 0 Å². The summed E-state index contributed by atoms with van der Waals surface area (Å²) in [6.07, 6.45) is 8.21. The van der Waals surface area contributed by atoms with E-state index in [1.807, 2.05) is 12.1 Å². The van der Waals surface area contributed by atoms with Gasteiger partial charge in [0.05, 0.1) is 10.9 Å². The summed E-state index contributed by atoms with van der Waals surface area (Å²) in [4.78, 5) is 5.06. The summed E-state index contributed by atoms with van der Waals surface area (Å²) in [6.45, 7) is 4.67. The van der Waals surface area contributed by atoms with Crippen LogP contribution >= 0.6 is 22.9 Å². The molecule has 2 heterocycles. The highest BCUT2D eigenvalue weighted by Gasteiger charge is 2.48. The first kappa shape index (κ1) is 15.7. The van der Waals surface area contributed by atoms with Gasteiger partial charge in [0, 0.05) is 4.88 Å². The Balaban J connectivity index is 2.00. The van der Waals surface area contributed by atoms with Crippen molar-refractivity contribution in [1.82, 2.24) is 14.8 Å². The molecule has 1 aliphatic carbocycles. The topological polar surface area (TPSA) is 50.9 Å². The molecule has 0 aliphatic heterocycles. The summed E-state index contributed by atoms with van der Waals surface area (Å²) >= 11 is 7.56. The lowest BCUT2D eigenvalue weighted by atomic mass is 9.62. The molecule has 118 valence electrons. The maximum atomic E-state index is 11.5. The van der Waals surface area contributed by atoms with Gasteiger partial charge in [-0.2, -0.15) is 5.10 Å². The summed E-state index contributed by atoms with van der Waals surface area (Å²) in [5.41, 5.74) is -0.0998. The van der Waals surface area contributed by atoms with Gasteiger partial charge in [-0.1, -0.05) is 25.4 Å². The smallest absolute Gasteiger partial charge is 0.137 e. The third kappa shape index (κ3) is 2.85. The number of halogens is 1. The fraction of sp³-hybridized carbons (Fsp3) is 0.500. The van der Waals surface area contributed by atoms with E-state index in [1.165, 1.54) is 17.7 Å². The van der Waals surface area contributed by atoms with Gasteiger partial charge in [0.25, 0.3) is 0 Å². The first-order chi connectivity index (χ1) is 10.4. The quantitative estimate of drug-likeness (QED) is 0.920. The first-order valence-electron chi connectivity index (χ1n) is 7.42. The molecule has 0 aromatic carbocycles. The molecule has 3 rings (SSSR count). The SMILES string of the molecule is CC1(C)CCC/C(=C\c2ccc(Cl)s2)C1(O)Cn1cncn1. The Morgan fingerprint density at radius 3 is 2.91 bits per heavy atom. The number of nitrogens with zero attached hydrogens (tertiary/aromatic N) is 3. The van der Waals surface area contributed by atoms with E-state index < -0.39 is 5.60 Å². The molecule has 1 unspecified atom stereocenters. The van der Waals surface area contributed by atoms with Crippen molar-refractivity contribution in [3.8, 4) is 0 Å². The number of rotatable bonds is 3. The highest BCUT2D eigenvalue weighted by atomic mass is 35.5. The van der Waals surface area contributed by atoms with E-state index in [2.05, 4.69) is 30.0 Å². The third-order valence-corrected chi connectivity index (χ3v) is 5.84. The molecule has 0 amide bonds. The molecule has 0 saturated heterocycles. The predicted molar refractivity (Wildman–Crippen MR) is 89.9 cm³/mol. The van der Waals surface area contributed by atoms with Crippen molar-refractivity contribution in [1.29, 1.82) is 0 Å². The maximum absolute atomic E-state index is 11.5. The van der Waals surface area contributed by atoms with E-state index in [0.29, 0.717) is 6.54 Å². The third-order valence-electron chi connectivity index (χ3n) is 4.67. The number of hydrogen-bond acceptors (Lipinski definition) is 4. The van der Waals surface area contributed by atoms with Crippen LogP contribution < -0.4 is 0 Å². The minimum Gasteiger partial charge on any atom is -0.383 e. The lowest BCUT2D eigenvalue weighted by Crippen LogP contribution is -2.52. The molecular weight excluding hydrogens is 318 g/mol. The van der Waals surface area contributed by atoms with Crippen molar-refractivity contribution in [2.75, 3.05) is 0 Å². The molecule has 1 atom stereocenters. The molecule has 6 heteroatoms. The second-order valence-corrected chi connectivity index (χ2v) is 8.25. The van der Waals surface area contributed by atoms with Gasteiger partial charge in [-0.25, -0.2) is 9.67 Å². The molecule has 0 bridgehead atoms. The van der Waals surface area contributed by atoms with Crippen LogP contribution in [0.2, 0.25) is 4.34 Å². The van der Waals surface area contributed by atoms with Crippen LogP contribution in [-0.2, 0) is 6.54 Å². The summed E-state index contributed by atoms with van der Waals surface area (Å²) < 4.78 is 2.48. The summed E-state index contributed by atoms with van der Waals surface area (Å²) in [5, 5.41) is 15.7. The molecule has 2 aromatic rings. The monoisotopic (exact) mass is 337 g/mol. The van der Waals surface area contributed by atoms with Crippen LogP contribution in [0.25, 0.3) is 6.08 Å². The van der Waals surface area contributed by atoms with Gasteiger partial charge < -0.3 is 5.11 Å². The van der Waals surface area contributed by atoms with Crippen molar-refractivity contribution in [3.05, 3.63) is 39.6 Å². The van der Waals surface area contributed by atoms with Gasteiger partial charge in [-0.05, 0) is 48.5 Å². The van der Waals surface area contributed by atoms with Crippen molar-refractivity contribution in [3.63, 3.8) is 0 Å². The van der Waals surface area contributed by atoms with Gasteiger partial charge in [0.2, 0.25) is 0 Å². The summed E-state index contributed by atoms with van der Waals surface area (Å²) in [7, 11) is 0. The zero-order chi connectivity index (χ0) is 15.8. The molecule has 22 heavy (non-hydrogen) atoms. The van der Waals surface area contributed by atoms with E-state index in [1.54, 1.807) is 11.0 Å². The van der Waals surface area contributed by atoms with Gasteiger partial charge in [-0.3, -0.25) is 0 Å². The van der Waals surface area contributed by atoms with Crippen LogP contribution in [-0.4, -0.2) is 25.5 Å². The number of aromatic nitrogens is 3. The Morgan fingerprint density at radius 2 is 2.27 bits per heavy atom. The maximum Gasteiger partial charge on any atom is 0.137 e. The molecule has 1 fully saturated rings. The molecular formula is C16H20ClN3OS. The average Bonchev–Trinajstić information content (AvgIpc) is 3.07. The lowest BCUT2D eigenvalue weighted by molar-refractivity contribution is -0.0691. The Bertz CT molecular complexity index is 677. The minimum atomic E-state index is -0.935. The number of hydrogen-bond donors (Lipinski definition) is 1. The van der Waals surface area contributed by atoms with Gasteiger partial charge in [0.15, 0.2) is 0 Å². The fourth-order valence-electron chi connectivity index (χ4n) is 3.20. The van der Waals surface area contributed by atoms with Crippen LogP contribution in [0.5, 0.6) is 0 Å². The van der Waals surface area contributed by atoms with E-state index in [-0.39, 0.29) is 5.41 Å². The zero-order valence-electron chi connectivity index (χ0n) is 12.8. The number of thiophene rings is 1. The normalized spacial score (nSPS) is 26.5. The van der Waals surface area contributed by atoms with E-state index in [0.717, 1.165) is 34.0 Å². The van der Waals surface area contributed by atoms with Crippen LogP contribution in [0, 0.1) is 5.41 Å². The molecule has 0 spiro atoms. The molecule has 1 N–H and O–H groups in total. The lowest BCUT2D eigenvalue weighted by Gasteiger charge is -2.48. The summed E-state index contributed by atoms with van der Waals surface area (Å²) in [5.74, 6) is 0. The predicted octanol–water partition coefficient (Wildman–Crippen LogP) is 4.02. The van der Waals surface area contributed by atoms with Crippen LogP contribution in [0.1, 0.15) is 38.0 Å². The van der Waals surface area contributed by atoms with Crippen molar-refractivity contribution in [2.45, 2.75) is 45.3 Å². The highest BCUT2D eigenvalue weighted by Crippen LogP contribution is 2.48. The van der Waals surface area contributed by atoms with Gasteiger partial charge in [0.1, 0.15) is 18.3 Å². The Kier molecular flexibility index (Phi) is 4.14. The van der Waals surface area contributed by atoms with Crippen molar-refractivity contribution >= 4 is 29.0 Å². The standard InChI is InChI=1S/C16H20ClN3OS/c1-15(2)7-3-4-12(8-13-5-6-14(17)22-13)16(15,21)9-20-11-18-10-19-20/h5-6,8,10-11,21H,3-4,7,9H2,1-2H3/b12-8+. The Morgan fingerprint density at radius 1 is 1.45 bits per heavy atom. The van der Waals surface area contributed by atoms with Crippen LogP contribution in [0.4, 0.5) is 0 Å². The van der Waals surface area contributed by atoms with Crippen molar-refractivity contribution in [2.24, 2.45) is 5.41 Å². The van der Waals surface area contributed by atoms with E-state index in [9.17, 15) is 5.11 Å². The second kappa shape index (κ2) is 5.80. The zero-order valence-corrected chi connectivity index (χ0v) is 14.4. The molecule has 0 radical (unpaired) electrons. The van der Waals surface area contributed by atoms with Gasteiger partial charge >= 0.3 is 0 Å². The van der Waals surface area contributed by atoms with E-state index >= 15 is 0 Å². The minimum absolute atomic E-state index is 0.218. The molecule has 1 aliphatic rings. The second-order valence-electron chi connectivity index (χ2n) is 6.50. The number of aliphatic hydroxyl groups is 1. The summed E-state index contributed by atoms with van der Waals surface area (Å²) in [6, 6.07) is 3.89. The average molecular weight is 338 g/mol. The first-order valence-corrected chi connectivity index (χ1v) is 8.61. The Hall–Kier alpha value is -1.17. The largest absolute Gasteiger partial charge is 0.383 e. The molecule has 1 saturated carbocycles. The highest BCUT2D eigenvalue weighted by molar-refractivity contribution is 7.17. The van der Waals surface area contributed by atoms with Crippen LogP contribution in [0.15, 0.2) is 30.4 Å². The van der Waals surface area contributed by atoms with Gasteiger partial charge in [-0.15, -0.1) is 11.3 Å².